The highest BCUT2D eigenvalue weighted by molar-refractivity contribution is 5.91. The van der Waals surface area contributed by atoms with E-state index in [4.69, 9.17) is 9.47 Å². The number of benzene rings is 2. The Hall–Kier alpha value is -2.73. The average Bonchev–Trinajstić information content (AvgIpc) is 3.32. The molecule has 2 aliphatic rings. The molecule has 1 N–H and O–H groups in total. The first-order valence-corrected chi connectivity index (χ1v) is 13.6. The zero-order chi connectivity index (χ0) is 25.7. The number of rotatable bonds is 9. The molecular formula is C30H43N3O3. The number of hydrogen-bond acceptors (Lipinski definition) is 4. The summed E-state index contributed by atoms with van der Waals surface area (Å²) in [6.07, 6.45) is 4.82. The van der Waals surface area contributed by atoms with Crippen LogP contribution in [0.5, 0.6) is 11.5 Å². The van der Waals surface area contributed by atoms with E-state index in [-0.39, 0.29) is 12.8 Å². The summed E-state index contributed by atoms with van der Waals surface area (Å²) in [7, 11) is 0. The van der Waals surface area contributed by atoms with E-state index < -0.39 is 0 Å². The number of nitrogens with one attached hydrogen (secondary N) is 1. The molecule has 0 aliphatic carbocycles. The second-order valence-electron chi connectivity index (χ2n) is 10.9. The Labute approximate surface area is 217 Å². The van der Waals surface area contributed by atoms with Crippen LogP contribution in [0, 0.1) is 0 Å². The lowest BCUT2D eigenvalue weighted by Crippen LogP contribution is -2.41. The Morgan fingerprint density at radius 1 is 1.06 bits per heavy atom. The number of piperidine rings is 1. The lowest BCUT2D eigenvalue weighted by atomic mass is 9.93. The van der Waals surface area contributed by atoms with Gasteiger partial charge in [0, 0.05) is 31.4 Å². The van der Waals surface area contributed by atoms with Crippen molar-refractivity contribution in [2.24, 2.45) is 0 Å². The Balaban J connectivity index is 1.53. The van der Waals surface area contributed by atoms with Crippen LogP contribution in [-0.2, 0) is 6.54 Å². The molecule has 1 saturated heterocycles. The van der Waals surface area contributed by atoms with Crippen LogP contribution in [0.25, 0.3) is 0 Å². The highest BCUT2D eigenvalue weighted by atomic mass is 16.7. The molecule has 1 unspecified atom stereocenters. The zero-order valence-corrected chi connectivity index (χ0v) is 22.7. The highest BCUT2D eigenvalue weighted by Gasteiger charge is 2.23. The molecule has 1 fully saturated rings. The van der Waals surface area contributed by atoms with Crippen LogP contribution in [0.2, 0.25) is 0 Å². The van der Waals surface area contributed by atoms with Crippen molar-refractivity contribution in [3.63, 3.8) is 0 Å². The van der Waals surface area contributed by atoms with E-state index >= 15 is 0 Å². The van der Waals surface area contributed by atoms with Gasteiger partial charge in [-0.1, -0.05) is 58.4 Å². The standard InChI is InChI=1S/C30H43N3O3/c1-21(2)25-11-8-12-26(22(3)4)29(25)31-30(34)33(17-9-16-32-15-7-6-10-23(32)5)19-24-13-14-27-28(18-24)36-20-35-27/h8,11-14,18,21-23H,6-7,9-10,15-17,19-20H2,1-5H3,(H,31,34). The molecule has 6 nitrogen and oxygen atoms in total. The van der Waals surface area contributed by atoms with Crippen LogP contribution in [0.4, 0.5) is 10.5 Å². The van der Waals surface area contributed by atoms with Gasteiger partial charge in [0.05, 0.1) is 0 Å². The quantitative estimate of drug-likeness (QED) is 0.410. The number of carbonyl (C=O) groups excluding carboxylic acids is 1. The Bertz CT molecular complexity index is 1010. The highest BCUT2D eigenvalue weighted by Crippen LogP contribution is 2.34. The number of urea groups is 1. The van der Waals surface area contributed by atoms with E-state index in [0.29, 0.717) is 31.0 Å². The third-order valence-corrected chi connectivity index (χ3v) is 7.52. The van der Waals surface area contributed by atoms with E-state index in [1.165, 1.54) is 30.4 Å². The van der Waals surface area contributed by atoms with E-state index in [1.807, 2.05) is 23.1 Å². The molecular weight excluding hydrogens is 450 g/mol. The summed E-state index contributed by atoms with van der Waals surface area (Å²) in [5.41, 5.74) is 4.37. The molecule has 36 heavy (non-hydrogen) atoms. The number of para-hydroxylation sites is 1. The summed E-state index contributed by atoms with van der Waals surface area (Å²) in [6.45, 7) is 14.7. The van der Waals surface area contributed by atoms with Crippen molar-refractivity contribution < 1.29 is 14.3 Å². The number of fused-ring (bicyclic) bond motifs is 1. The fourth-order valence-electron chi connectivity index (χ4n) is 5.35. The number of hydrogen-bond donors (Lipinski definition) is 1. The smallest absolute Gasteiger partial charge is 0.322 e. The van der Waals surface area contributed by atoms with Crippen LogP contribution in [0.15, 0.2) is 36.4 Å². The van der Waals surface area contributed by atoms with Crippen molar-refractivity contribution in [2.75, 3.05) is 31.7 Å². The average molecular weight is 494 g/mol. The fourth-order valence-corrected chi connectivity index (χ4v) is 5.35. The normalized spacial score (nSPS) is 17.6. The van der Waals surface area contributed by atoms with Crippen molar-refractivity contribution in [2.45, 2.75) is 84.7 Å². The maximum absolute atomic E-state index is 13.8. The largest absolute Gasteiger partial charge is 0.454 e. The Morgan fingerprint density at radius 3 is 2.47 bits per heavy atom. The molecule has 2 heterocycles. The molecule has 196 valence electrons. The maximum Gasteiger partial charge on any atom is 0.322 e. The zero-order valence-electron chi connectivity index (χ0n) is 22.7. The van der Waals surface area contributed by atoms with Crippen LogP contribution in [-0.4, -0.2) is 48.3 Å². The monoisotopic (exact) mass is 493 g/mol. The first-order chi connectivity index (χ1) is 17.3. The number of ether oxygens (including phenoxy) is 2. The summed E-state index contributed by atoms with van der Waals surface area (Å²) < 4.78 is 11.1. The van der Waals surface area contributed by atoms with Crippen molar-refractivity contribution in [1.82, 2.24) is 9.80 Å². The van der Waals surface area contributed by atoms with Crippen molar-refractivity contribution in [1.29, 1.82) is 0 Å². The molecule has 0 saturated carbocycles. The second-order valence-corrected chi connectivity index (χ2v) is 10.9. The molecule has 1 atom stereocenters. The third-order valence-electron chi connectivity index (χ3n) is 7.52. The van der Waals surface area contributed by atoms with Gasteiger partial charge in [-0.25, -0.2) is 4.79 Å². The lowest BCUT2D eigenvalue weighted by molar-refractivity contribution is 0.150. The Kier molecular flexibility index (Phi) is 8.78. The summed E-state index contributed by atoms with van der Waals surface area (Å²) in [4.78, 5) is 18.3. The van der Waals surface area contributed by atoms with Gasteiger partial charge in [-0.05, 0) is 73.4 Å². The van der Waals surface area contributed by atoms with Gasteiger partial charge in [0.15, 0.2) is 11.5 Å². The predicted octanol–water partition coefficient (Wildman–Crippen LogP) is 6.96. The predicted molar refractivity (Wildman–Crippen MR) is 146 cm³/mol. The van der Waals surface area contributed by atoms with Crippen molar-refractivity contribution >= 4 is 11.7 Å². The number of likely N-dealkylation sites (tertiary alicyclic amines) is 1. The van der Waals surface area contributed by atoms with Gasteiger partial charge in [0.2, 0.25) is 6.79 Å². The van der Waals surface area contributed by atoms with Crippen LogP contribution >= 0.6 is 0 Å². The molecule has 2 aromatic rings. The van der Waals surface area contributed by atoms with E-state index in [2.05, 4.69) is 63.0 Å². The molecule has 0 spiro atoms. The number of nitrogens with zero attached hydrogens (tertiary/aromatic N) is 2. The molecule has 4 rings (SSSR count). The second kappa shape index (κ2) is 12.0. The molecule has 2 aromatic carbocycles. The molecule has 0 bridgehead atoms. The minimum absolute atomic E-state index is 0.0469. The van der Waals surface area contributed by atoms with E-state index in [1.54, 1.807) is 0 Å². The minimum Gasteiger partial charge on any atom is -0.454 e. The third kappa shape index (κ3) is 6.33. The van der Waals surface area contributed by atoms with Crippen LogP contribution in [0.1, 0.15) is 88.8 Å². The lowest BCUT2D eigenvalue weighted by Gasteiger charge is -2.34. The van der Waals surface area contributed by atoms with Crippen LogP contribution < -0.4 is 14.8 Å². The fraction of sp³-hybridized carbons (Fsp3) is 0.567. The molecule has 0 radical (unpaired) electrons. The van der Waals surface area contributed by atoms with Crippen molar-refractivity contribution in [3.05, 3.63) is 53.1 Å². The summed E-state index contributed by atoms with van der Waals surface area (Å²) >= 11 is 0. The minimum atomic E-state index is -0.0469. The molecule has 2 aliphatic heterocycles. The Morgan fingerprint density at radius 2 is 1.78 bits per heavy atom. The number of carbonyl (C=O) groups is 1. The molecule has 0 aromatic heterocycles. The van der Waals surface area contributed by atoms with Gasteiger partial charge in [-0.15, -0.1) is 0 Å². The van der Waals surface area contributed by atoms with Gasteiger partial charge in [0.25, 0.3) is 0 Å². The van der Waals surface area contributed by atoms with Gasteiger partial charge < -0.3 is 24.6 Å². The van der Waals surface area contributed by atoms with Gasteiger partial charge in [0.1, 0.15) is 0 Å². The van der Waals surface area contributed by atoms with Gasteiger partial charge >= 0.3 is 6.03 Å². The van der Waals surface area contributed by atoms with E-state index in [9.17, 15) is 4.79 Å². The first kappa shape index (κ1) is 26.3. The van der Waals surface area contributed by atoms with Crippen molar-refractivity contribution in [3.8, 4) is 11.5 Å². The van der Waals surface area contributed by atoms with Crippen LogP contribution in [0.3, 0.4) is 0 Å². The topological polar surface area (TPSA) is 54.0 Å². The number of anilines is 1. The summed E-state index contributed by atoms with van der Waals surface area (Å²) in [5.74, 6) is 2.16. The molecule has 2 amide bonds. The maximum atomic E-state index is 13.8. The summed E-state index contributed by atoms with van der Waals surface area (Å²) in [5, 5.41) is 3.33. The van der Waals surface area contributed by atoms with E-state index in [0.717, 1.165) is 42.3 Å². The SMILES string of the molecule is CC(C)c1cccc(C(C)C)c1NC(=O)N(CCCN1CCCCC1C)Cc1ccc2c(c1)OCO2. The first-order valence-electron chi connectivity index (χ1n) is 13.6. The number of amides is 2. The van der Waals surface area contributed by atoms with Gasteiger partial charge in [-0.3, -0.25) is 0 Å². The molecule has 6 heteroatoms. The summed E-state index contributed by atoms with van der Waals surface area (Å²) in [6, 6.07) is 12.9. The van der Waals surface area contributed by atoms with Gasteiger partial charge in [-0.2, -0.15) is 0 Å².